The van der Waals surface area contributed by atoms with Crippen molar-refractivity contribution in [2.75, 3.05) is 5.32 Å². The average Bonchev–Trinajstić information content (AvgIpc) is 2.64. The molecule has 0 radical (unpaired) electrons. The number of carbonyl (C=O) groups is 2. The summed E-state index contributed by atoms with van der Waals surface area (Å²) in [6.45, 7) is -0.514. The number of hydrogen-bond donors (Lipinski definition) is 3. The standard InChI is InChI=1S/C20H16N2O5/c23-17-10-14(13-4-2-1-3-5-13)6-8-16(17)20(27)21-15-7-9-18(24)22(11-15)12-19(25)26/h1-11,23H,12H2,(H,21,27)(H,25,26). The Hall–Kier alpha value is -3.87. The molecule has 1 aromatic heterocycles. The number of aromatic hydroxyl groups is 1. The highest BCUT2D eigenvalue weighted by Gasteiger charge is 2.13. The molecule has 0 aliphatic rings. The largest absolute Gasteiger partial charge is 0.507 e. The summed E-state index contributed by atoms with van der Waals surface area (Å²) in [5.41, 5.74) is 1.48. The Labute approximate surface area is 154 Å². The van der Waals surface area contributed by atoms with E-state index in [0.717, 1.165) is 21.8 Å². The Morgan fingerprint density at radius 1 is 0.963 bits per heavy atom. The highest BCUT2D eigenvalue weighted by Crippen LogP contribution is 2.27. The highest BCUT2D eigenvalue weighted by atomic mass is 16.4. The van der Waals surface area contributed by atoms with Gasteiger partial charge in [0.05, 0.1) is 11.3 Å². The Balaban J connectivity index is 1.82. The van der Waals surface area contributed by atoms with Gasteiger partial charge in [0.25, 0.3) is 11.5 Å². The number of carboxylic acids is 1. The van der Waals surface area contributed by atoms with Gasteiger partial charge in [0.1, 0.15) is 12.3 Å². The zero-order valence-corrected chi connectivity index (χ0v) is 14.1. The van der Waals surface area contributed by atoms with Crippen molar-refractivity contribution >= 4 is 17.6 Å². The summed E-state index contributed by atoms with van der Waals surface area (Å²) in [6, 6.07) is 16.7. The van der Waals surface area contributed by atoms with Gasteiger partial charge in [0.2, 0.25) is 0 Å². The monoisotopic (exact) mass is 364 g/mol. The van der Waals surface area contributed by atoms with Gasteiger partial charge in [-0.05, 0) is 29.3 Å². The Bertz CT molecular complexity index is 1060. The van der Waals surface area contributed by atoms with Gasteiger partial charge in [-0.15, -0.1) is 0 Å². The fourth-order valence-electron chi connectivity index (χ4n) is 2.61. The van der Waals surface area contributed by atoms with E-state index in [2.05, 4.69) is 5.32 Å². The molecular formula is C20H16N2O5. The Morgan fingerprint density at radius 3 is 2.37 bits per heavy atom. The number of carboxylic acid groups (broad SMARTS) is 1. The maximum Gasteiger partial charge on any atom is 0.323 e. The molecule has 3 aromatic rings. The minimum Gasteiger partial charge on any atom is -0.507 e. The molecule has 3 rings (SSSR count). The predicted molar refractivity (Wildman–Crippen MR) is 99.8 cm³/mol. The van der Waals surface area contributed by atoms with Crippen molar-refractivity contribution in [3.8, 4) is 16.9 Å². The molecule has 0 atom stereocenters. The number of hydrogen-bond acceptors (Lipinski definition) is 4. The van der Waals surface area contributed by atoms with Crippen LogP contribution in [-0.2, 0) is 11.3 Å². The lowest BCUT2D eigenvalue weighted by Gasteiger charge is -2.10. The molecule has 136 valence electrons. The minimum absolute atomic E-state index is 0.0608. The zero-order valence-electron chi connectivity index (χ0n) is 14.1. The van der Waals surface area contributed by atoms with Crippen LogP contribution in [0.15, 0.2) is 71.7 Å². The first-order chi connectivity index (χ1) is 12.9. The maximum absolute atomic E-state index is 12.4. The van der Waals surface area contributed by atoms with Crippen LogP contribution in [0, 0.1) is 0 Å². The van der Waals surface area contributed by atoms with E-state index < -0.39 is 24.0 Å². The number of pyridine rings is 1. The van der Waals surface area contributed by atoms with E-state index in [0.29, 0.717) is 0 Å². The topological polar surface area (TPSA) is 109 Å². The second-order valence-corrected chi connectivity index (χ2v) is 5.83. The van der Waals surface area contributed by atoms with Crippen LogP contribution in [0.1, 0.15) is 10.4 Å². The Kier molecular flexibility index (Phi) is 5.03. The first kappa shape index (κ1) is 17.9. The number of amides is 1. The number of anilines is 1. The van der Waals surface area contributed by atoms with Crippen molar-refractivity contribution in [1.82, 2.24) is 4.57 Å². The van der Waals surface area contributed by atoms with E-state index in [-0.39, 0.29) is 17.0 Å². The van der Waals surface area contributed by atoms with Crippen LogP contribution in [0.3, 0.4) is 0 Å². The molecule has 0 saturated carbocycles. The van der Waals surface area contributed by atoms with Gasteiger partial charge in [-0.1, -0.05) is 36.4 Å². The number of benzene rings is 2. The number of aromatic nitrogens is 1. The van der Waals surface area contributed by atoms with Crippen molar-refractivity contribution in [3.63, 3.8) is 0 Å². The molecule has 27 heavy (non-hydrogen) atoms. The van der Waals surface area contributed by atoms with E-state index in [1.807, 2.05) is 30.3 Å². The quantitative estimate of drug-likeness (QED) is 0.645. The lowest BCUT2D eigenvalue weighted by Crippen LogP contribution is -2.24. The lowest BCUT2D eigenvalue weighted by molar-refractivity contribution is -0.137. The van der Waals surface area contributed by atoms with Crippen LogP contribution in [0.5, 0.6) is 5.75 Å². The first-order valence-electron chi connectivity index (χ1n) is 8.06. The van der Waals surface area contributed by atoms with Crippen LogP contribution in [0.4, 0.5) is 5.69 Å². The zero-order chi connectivity index (χ0) is 19.4. The summed E-state index contributed by atoms with van der Waals surface area (Å²) < 4.78 is 0.969. The molecule has 0 saturated heterocycles. The van der Waals surface area contributed by atoms with Crippen molar-refractivity contribution in [3.05, 3.63) is 82.8 Å². The molecule has 3 N–H and O–H groups in total. The molecule has 1 amide bonds. The number of nitrogens with one attached hydrogen (secondary N) is 1. The van der Waals surface area contributed by atoms with Gasteiger partial charge in [-0.25, -0.2) is 0 Å². The summed E-state index contributed by atoms with van der Waals surface area (Å²) in [5, 5.41) is 21.6. The molecule has 7 heteroatoms. The van der Waals surface area contributed by atoms with Crippen molar-refractivity contribution < 1.29 is 19.8 Å². The van der Waals surface area contributed by atoms with Gasteiger partial charge in [0, 0.05) is 12.3 Å². The van der Waals surface area contributed by atoms with Crippen molar-refractivity contribution in [2.24, 2.45) is 0 Å². The molecule has 0 fully saturated rings. The fraction of sp³-hybridized carbons (Fsp3) is 0.0500. The van der Waals surface area contributed by atoms with Crippen LogP contribution < -0.4 is 10.9 Å². The SMILES string of the molecule is O=C(O)Cn1cc(NC(=O)c2ccc(-c3ccccc3)cc2O)ccc1=O. The van der Waals surface area contributed by atoms with Crippen LogP contribution >= 0.6 is 0 Å². The summed E-state index contributed by atoms with van der Waals surface area (Å²) >= 11 is 0. The molecule has 0 bridgehead atoms. The number of rotatable bonds is 5. The van der Waals surface area contributed by atoms with Crippen molar-refractivity contribution in [2.45, 2.75) is 6.54 Å². The smallest absolute Gasteiger partial charge is 0.323 e. The predicted octanol–water partition coefficient (Wildman–Crippen LogP) is 2.56. The van der Waals surface area contributed by atoms with E-state index >= 15 is 0 Å². The second kappa shape index (κ2) is 7.57. The normalized spacial score (nSPS) is 10.4. The minimum atomic E-state index is -1.17. The summed E-state index contributed by atoms with van der Waals surface area (Å²) in [7, 11) is 0. The number of carbonyl (C=O) groups excluding carboxylic acids is 1. The van der Waals surface area contributed by atoms with Gasteiger partial charge < -0.3 is 20.1 Å². The number of nitrogens with zero attached hydrogens (tertiary/aromatic N) is 1. The van der Waals surface area contributed by atoms with Gasteiger partial charge in [-0.2, -0.15) is 0 Å². The molecular weight excluding hydrogens is 348 g/mol. The lowest BCUT2D eigenvalue weighted by atomic mass is 10.0. The van der Waals surface area contributed by atoms with Gasteiger partial charge in [-0.3, -0.25) is 14.4 Å². The molecule has 1 heterocycles. The third-order valence-corrected chi connectivity index (χ3v) is 3.90. The second-order valence-electron chi connectivity index (χ2n) is 5.83. The van der Waals surface area contributed by atoms with E-state index in [1.54, 1.807) is 6.07 Å². The van der Waals surface area contributed by atoms with Crippen molar-refractivity contribution in [1.29, 1.82) is 0 Å². The fourth-order valence-corrected chi connectivity index (χ4v) is 2.61. The van der Waals surface area contributed by atoms with Gasteiger partial charge >= 0.3 is 5.97 Å². The number of phenols is 1. The first-order valence-corrected chi connectivity index (χ1v) is 8.06. The molecule has 0 aliphatic heterocycles. The highest BCUT2D eigenvalue weighted by molar-refractivity contribution is 6.06. The molecule has 2 aromatic carbocycles. The summed E-state index contributed by atoms with van der Waals surface area (Å²) in [4.78, 5) is 34.9. The molecule has 7 nitrogen and oxygen atoms in total. The molecule has 0 spiro atoms. The van der Waals surface area contributed by atoms with Crippen LogP contribution in [0.2, 0.25) is 0 Å². The number of aliphatic carboxylic acids is 1. The summed E-state index contributed by atoms with van der Waals surface area (Å²) in [5.74, 6) is -1.94. The number of phenolic OH excluding ortho intramolecular Hbond substituents is 1. The van der Waals surface area contributed by atoms with Crippen LogP contribution in [0.25, 0.3) is 11.1 Å². The van der Waals surface area contributed by atoms with E-state index in [1.165, 1.54) is 24.4 Å². The third kappa shape index (κ3) is 4.21. The summed E-state index contributed by atoms with van der Waals surface area (Å²) in [6.07, 6.45) is 1.24. The Morgan fingerprint density at radius 2 is 1.70 bits per heavy atom. The molecule has 0 aliphatic carbocycles. The van der Waals surface area contributed by atoms with E-state index in [4.69, 9.17) is 5.11 Å². The average molecular weight is 364 g/mol. The van der Waals surface area contributed by atoms with Crippen LogP contribution in [-0.4, -0.2) is 26.7 Å². The van der Waals surface area contributed by atoms with E-state index in [9.17, 15) is 19.5 Å². The third-order valence-electron chi connectivity index (χ3n) is 3.90. The molecule has 0 unspecified atom stereocenters. The van der Waals surface area contributed by atoms with Gasteiger partial charge in [0.15, 0.2) is 0 Å². The maximum atomic E-state index is 12.4.